The van der Waals surface area contributed by atoms with Crippen LogP contribution in [0.4, 0.5) is 5.82 Å². The number of piperidine rings is 1. The minimum atomic E-state index is 0.289. The van der Waals surface area contributed by atoms with Crippen LogP contribution >= 0.6 is 0 Å². The van der Waals surface area contributed by atoms with Crippen LogP contribution in [0, 0.1) is 0 Å². The van der Waals surface area contributed by atoms with Gasteiger partial charge in [-0.05, 0) is 43.5 Å². The number of benzene rings is 1. The molecule has 1 aromatic carbocycles. The first kappa shape index (κ1) is 11.3. The molecular weight excluding hydrogens is 226 g/mol. The Balaban J connectivity index is 1.95. The highest BCUT2D eigenvalue weighted by Gasteiger charge is 2.15. The molecule has 0 saturated carbocycles. The summed E-state index contributed by atoms with van der Waals surface area (Å²) in [7, 11) is 0. The summed E-state index contributed by atoms with van der Waals surface area (Å²) in [6.07, 6.45) is 3.96. The summed E-state index contributed by atoms with van der Waals surface area (Å²) in [6.45, 7) is 2.07. The molecule has 1 aromatic heterocycles. The molecule has 4 heteroatoms. The number of nitrogens with zero attached hydrogens (tertiary/aromatic N) is 1. The fourth-order valence-electron chi connectivity index (χ4n) is 2.48. The lowest BCUT2D eigenvalue weighted by Gasteiger charge is -2.24. The molecule has 0 unspecified atom stereocenters. The van der Waals surface area contributed by atoms with E-state index in [1.807, 2.05) is 18.2 Å². The van der Waals surface area contributed by atoms with Gasteiger partial charge < -0.3 is 15.7 Å². The molecule has 0 amide bonds. The molecule has 0 spiro atoms. The number of pyridine rings is 1. The summed E-state index contributed by atoms with van der Waals surface area (Å²) < 4.78 is 0. The third-order valence-electron chi connectivity index (χ3n) is 3.45. The molecule has 94 valence electrons. The van der Waals surface area contributed by atoms with Crippen molar-refractivity contribution in [2.75, 3.05) is 18.4 Å². The normalized spacial score (nSPS) is 16.9. The number of hydrogen-bond donors (Lipinski definition) is 3. The van der Waals surface area contributed by atoms with Gasteiger partial charge in [0.15, 0.2) is 0 Å². The fourth-order valence-corrected chi connectivity index (χ4v) is 2.48. The molecule has 0 radical (unpaired) electrons. The van der Waals surface area contributed by atoms with Crippen molar-refractivity contribution in [2.24, 2.45) is 0 Å². The van der Waals surface area contributed by atoms with Crippen molar-refractivity contribution in [1.82, 2.24) is 10.3 Å². The summed E-state index contributed by atoms with van der Waals surface area (Å²) in [5.74, 6) is 1.08. The quantitative estimate of drug-likeness (QED) is 0.756. The van der Waals surface area contributed by atoms with Gasteiger partial charge >= 0.3 is 0 Å². The fraction of sp³-hybridized carbons (Fsp3) is 0.357. The van der Waals surface area contributed by atoms with E-state index < -0.39 is 0 Å². The van der Waals surface area contributed by atoms with Crippen molar-refractivity contribution in [2.45, 2.75) is 18.9 Å². The predicted molar refractivity (Wildman–Crippen MR) is 72.9 cm³/mol. The Morgan fingerprint density at radius 3 is 2.89 bits per heavy atom. The second-order valence-corrected chi connectivity index (χ2v) is 4.70. The van der Waals surface area contributed by atoms with Gasteiger partial charge in [0, 0.05) is 12.2 Å². The lowest BCUT2D eigenvalue weighted by Crippen LogP contribution is -2.35. The minimum absolute atomic E-state index is 0.289. The average molecular weight is 243 g/mol. The van der Waals surface area contributed by atoms with E-state index in [1.165, 1.54) is 0 Å². The van der Waals surface area contributed by atoms with Crippen LogP contribution in [0.1, 0.15) is 12.8 Å². The number of rotatable bonds is 2. The van der Waals surface area contributed by atoms with Crippen molar-refractivity contribution >= 4 is 16.6 Å². The van der Waals surface area contributed by atoms with Crippen LogP contribution in [0.2, 0.25) is 0 Å². The number of nitrogens with one attached hydrogen (secondary N) is 2. The number of phenolic OH excluding ortho intramolecular Hbond substituents is 1. The molecule has 2 heterocycles. The smallest absolute Gasteiger partial charge is 0.137 e. The van der Waals surface area contributed by atoms with Crippen molar-refractivity contribution < 1.29 is 5.11 Å². The maximum absolute atomic E-state index is 9.99. The molecule has 2 aromatic rings. The lowest BCUT2D eigenvalue weighted by atomic mass is 10.1. The van der Waals surface area contributed by atoms with Crippen molar-refractivity contribution in [3.63, 3.8) is 0 Å². The van der Waals surface area contributed by atoms with Gasteiger partial charge in [-0.15, -0.1) is 0 Å². The molecule has 0 atom stereocenters. The van der Waals surface area contributed by atoms with Crippen LogP contribution in [0.3, 0.4) is 0 Å². The maximum atomic E-state index is 9.99. The highest BCUT2D eigenvalue weighted by Crippen LogP contribution is 2.30. The van der Waals surface area contributed by atoms with Gasteiger partial charge in [0.05, 0.1) is 5.39 Å². The largest absolute Gasteiger partial charge is 0.507 e. The number of aromatic hydroxyl groups is 1. The van der Waals surface area contributed by atoms with Gasteiger partial charge in [0.2, 0.25) is 0 Å². The van der Waals surface area contributed by atoms with E-state index in [2.05, 4.69) is 15.6 Å². The van der Waals surface area contributed by atoms with Gasteiger partial charge in [-0.2, -0.15) is 0 Å². The summed E-state index contributed by atoms with van der Waals surface area (Å²) in [5.41, 5.74) is 0. The zero-order valence-electron chi connectivity index (χ0n) is 10.2. The standard InChI is InChI=1S/C14H17N3O/c18-12-3-1-2-10-4-9-16-14(13(10)12)17-11-5-7-15-8-6-11/h1-4,9,11,15,18H,5-8H2,(H,16,17). The van der Waals surface area contributed by atoms with E-state index in [9.17, 15) is 5.11 Å². The lowest BCUT2D eigenvalue weighted by molar-refractivity contribution is 0.476. The second-order valence-electron chi connectivity index (χ2n) is 4.70. The monoisotopic (exact) mass is 243 g/mol. The van der Waals surface area contributed by atoms with Crippen LogP contribution in [0.15, 0.2) is 30.5 Å². The molecule has 1 aliphatic rings. The summed E-state index contributed by atoms with van der Waals surface area (Å²) in [6, 6.07) is 7.90. The number of hydrogen-bond acceptors (Lipinski definition) is 4. The van der Waals surface area contributed by atoms with Crippen LogP contribution in [-0.4, -0.2) is 29.2 Å². The summed E-state index contributed by atoms with van der Waals surface area (Å²) in [4.78, 5) is 4.37. The van der Waals surface area contributed by atoms with Crippen LogP contribution in [-0.2, 0) is 0 Å². The third-order valence-corrected chi connectivity index (χ3v) is 3.45. The van der Waals surface area contributed by atoms with E-state index in [0.29, 0.717) is 6.04 Å². The highest BCUT2D eigenvalue weighted by molar-refractivity contribution is 5.96. The van der Waals surface area contributed by atoms with E-state index in [0.717, 1.165) is 42.5 Å². The van der Waals surface area contributed by atoms with Gasteiger partial charge in [-0.25, -0.2) is 4.98 Å². The Morgan fingerprint density at radius 1 is 1.22 bits per heavy atom. The summed E-state index contributed by atoms with van der Waals surface area (Å²) >= 11 is 0. The van der Waals surface area contributed by atoms with E-state index in [1.54, 1.807) is 12.3 Å². The number of phenols is 1. The third kappa shape index (κ3) is 2.11. The molecule has 3 N–H and O–H groups in total. The molecule has 0 aliphatic carbocycles. The molecule has 3 rings (SSSR count). The highest BCUT2D eigenvalue weighted by atomic mass is 16.3. The van der Waals surface area contributed by atoms with Crippen LogP contribution < -0.4 is 10.6 Å². The zero-order valence-corrected chi connectivity index (χ0v) is 10.2. The van der Waals surface area contributed by atoms with Crippen LogP contribution in [0.5, 0.6) is 5.75 Å². The number of aromatic nitrogens is 1. The topological polar surface area (TPSA) is 57.2 Å². The Kier molecular flexibility index (Phi) is 3.02. The summed E-state index contributed by atoms with van der Waals surface area (Å²) in [5, 5.41) is 18.6. The molecule has 4 nitrogen and oxygen atoms in total. The predicted octanol–water partition coefficient (Wildman–Crippen LogP) is 2.10. The second kappa shape index (κ2) is 4.82. The molecule has 0 bridgehead atoms. The van der Waals surface area contributed by atoms with E-state index >= 15 is 0 Å². The number of fused-ring (bicyclic) bond motifs is 1. The maximum Gasteiger partial charge on any atom is 0.137 e. The van der Waals surface area contributed by atoms with E-state index in [4.69, 9.17) is 0 Å². The minimum Gasteiger partial charge on any atom is -0.507 e. The molecule has 18 heavy (non-hydrogen) atoms. The van der Waals surface area contributed by atoms with Gasteiger partial charge in [-0.3, -0.25) is 0 Å². The van der Waals surface area contributed by atoms with Gasteiger partial charge in [0.1, 0.15) is 11.6 Å². The molecule has 1 saturated heterocycles. The van der Waals surface area contributed by atoms with E-state index in [-0.39, 0.29) is 5.75 Å². The van der Waals surface area contributed by atoms with Crippen molar-refractivity contribution in [1.29, 1.82) is 0 Å². The Hall–Kier alpha value is -1.81. The first-order valence-corrected chi connectivity index (χ1v) is 6.38. The Morgan fingerprint density at radius 2 is 2.06 bits per heavy atom. The molecular formula is C14H17N3O. The van der Waals surface area contributed by atoms with Crippen molar-refractivity contribution in [3.05, 3.63) is 30.5 Å². The molecule has 1 fully saturated rings. The number of anilines is 1. The van der Waals surface area contributed by atoms with Gasteiger partial charge in [0.25, 0.3) is 0 Å². The average Bonchev–Trinajstić information content (AvgIpc) is 2.40. The zero-order chi connectivity index (χ0) is 12.4. The Bertz CT molecular complexity index is 544. The molecule has 1 aliphatic heterocycles. The van der Waals surface area contributed by atoms with Gasteiger partial charge in [-0.1, -0.05) is 12.1 Å². The Labute approximate surface area is 106 Å². The first-order valence-electron chi connectivity index (χ1n) is 6.38. The van der Waals surface area contributed by atoms with Crippen LogP contribution in [0.25, 0.3) is 10.8 Å². The SMILES string of the molecule is Oc1cccc2ccnc(NC3CCNCC3)c12. The van der Waals surface area contributed by atoms with Crippen molar-refractivity contribution in [3.8, 4) is 5.75 Å². The first-order chi connectivity index (χ1) is 8.84.